The molecule has 13 heteroatoms. The van der Waals surface area contributed by atoms with E-state index >= 15 is 0 Å². The van der Waals surface area contributed by atoms with Gasteiger partial charge in [-0.05, 0) is 6.08 Å². The van der Waals surface area contributed by atoms with Crippen molar-refractivity contribution in [2.45, 2.75) is 24.7 Å². The van der Waals surface area contributed by atoms with Crippen molar-refractivity contribution in [2.24, 2.45) is 0 Å². The van der Waals surface area contributed by atoms with Crippen molar-refractivity contribution in [3.05, 3.63) is 11.8 Å². The molecular formula is C12H14N3NaO8S. The van der Waals surface area contributed by atoms with Gasteiger partial charge in [0.1, 0.15) is 11.8 Å². The van der Waals surface area contributed by atoms with Crippen LogP contribution in [0.25, 0.3) is 0 Å². The fraction of sp³-hybridized carbons (Fsp3) is 0.583. The molecule has 1 N–H and O–H groups in total. The van der Waals surface area contributed by atoms with Crippen molar-refractivity contribution in [3.8, 4) is 0 Å². The Kier molecular flexibility index (Phi) is 5.81. The minimum atomic E-state index is -4.88. The normalized spacial score (nSPS) is 29.4. The van der Waals surface area contributed by atoms with Crippen LogP contribution in [-0.2, 0) is 34.2 Å². The molecule has 0 aromatic rings. The van der Waals surface area contributed by atoms with Gasteiger partial charge in [-0.3, -0.25) is 19.3 Å². The number of carbonyl (C=O) groups is 3. The van der Waals surface area contributed by atoms with Crippen LogP contribution in [-0.4, -0.2) is 78.5 Å². The summed E-state index contributed by atoms with van der Waals surface area (Å²) in [4.78, 5) is 36.9. The Hall–Kier alpha value is -1.18. The molecule has 3 heterocycles. The fourth-order valence-electron chi connectivity index (χ4n) is 2.70. The molecule has 3 saturated heterocycles. The first-order valence-corrected chi connectivity index (χ1v) is 8.35. The van der Waals surface area contributed by atoms with Gasteiger partial charge >= 0.3 is 29.6 Å². The van der Waals surface area contributed by atoms with Crippen molar-refractivity contribution in [1.29, 1.82) is 0 Å². The van der Waals surface area contributed by atoms with Crippen molar-refractivity contribution >= 4 is 28.0 Å². The number of nitrogens with one attached hydrogen (secondary N) is 1. The molecular weight excluding hydrogens is 369 g/mol. The van der Waals surface area contributed by atoms with E-state index in [1.165, 1.54) is 18.1 Å². The van der Waals surface area contributed by atoms with E-state index in [0.717, 1.165) is 0 Å². The average Bonchev–Trinajstić information content (AvgIpc) is 2.79. The third-order valence-corrected chi connectivity index (χ3v) is 4.81. The topological polar surface area (TPSA) is 145 Å². The zero-order valence-electron chi connectivity index (χ0n) is 13.5. The van der Waals surface area contributed by atoms with E-state index in [-0.39, 0.29) is 58.6 Å². The van der Waals surface area contributed by atoms with Gasteiger partial charge < -0.3 is 19.3 Å². The van der Waals surface area contributed by atoms with E-state index in [0.29, 0.717) is 0 Å². The molecule has 3 atom stereocenters. The van der Waals surface area contributed by atoms with Gasteiger partial charge in [0.15, 0.2) is 22.6 Å². The summed E-state index contributed by atoms with van der Waals surface area (Å²) in [5.74, 6) is -1.74. The quantitative estimate of drug-likeness (QED) is 0.281. The van der Waals surface area contributed by atoms with Gasteiger partial charge in [-0.2, -0.15) is 0 Å². The third kappa shape index (κ3) is 3.55. The second kappa shape index (κ2) is 7.21. The van der Waals surface area contributed by atoms with E-state index in [2.05, 4.69) is 5.32 Å². The molecule has 0 spiro atoms. The molecule has 132 valence electrons. The summed E-state index contributed by atoms with van der Waals surface area (Å²) in [5.41, 5.74) is 0. The van der Waals surface area contributed by atoms with Crippen molar-refractivity contribution < 1.29 is 66.4 Å². The number of β-lactam (4-membered cyclic amide) rings is 2. The van der Waals surface area contributed by atoms with Gasteiger partial charge in [0.25, 0.3) is 11.8 Å². The molecule has 0 aromatic carbocycles. The van der Waals surface area contributed by atoms with Crippen LogP contribution in [0, 0.1) is 0 Å². The Balaban J connectivity index is 0.00000225. The summed E-state index contributed by atoms with van der Waals surface area (Å²) >= 11 is 0. The number of rotatable bonds is 5. The SMILES string of the molecule is COCC=C1OC2CC(=O)N2C1C(=O)NC1CN(S(=O)(=O)[O-])C1=O.[Na+]. The predicted octanol–water partition coefficient (Wildman–Crippen LogP) is -5.73. The first-order chi connectivity index (χ1) is 11.2. The first-order valence-electron chi connectivity index (χ1n) is 6.98. The van der Waals surface area contributed by atoms with Crippen LogP contribution in [0.3, 0.4) is 0 Å². The number of hydrogen-bond acceptors (Lipinski definition) is 8. The standard InChI is InChI=1S/C12H15N3O8S.Na/c1-22-3-2-7-10(15-8(16)4-9(15)23-7)11(17)13-6-5-14(12(6)18)24(19,20)21;/h2,6,9-10H,3-5H2,1H3,(H,13,17)(H,19,20,21);/q;+1/p-1. The zero-order valence-corrected chi connectivity index (χ0v) is 16.3. The molecule has 0 radical (unpaired) electrons. The average molecular weight is 383 g/mol. The Morgan fingerprint density at radius 3 is 2.68 bits per heavy atom. The van der Waals surface area contributed by atoms with Crippen molar-refractivity contribution in [2.75, 3.05) is 20.3 Å². The van der Waals surface area contributed by atoms with Gasteiger partial charge in [-0.1, -0.05) is 0 Å². The summed E-state index contributed by atoms with van der Waals surface area (Å²) in [6.45, 7) is -0.267. The monoisotopic (exact) mass is 383 g/mol. The molecule has 3 aliphatic heterocycles. The van der Waals surface area contributed by atoms with Crippen LogP contribution in [0.4, 0.5) is 0 Å². The second-order valence-corrected chi connectivity index (χ2v) is 6.73. The van der Waals surface area contributed by atoms with E-state index in [9.17, 15) is 27.4 Å². The molecule has 25 heavy (non-hydrogen) atoms. The largest absolute Gasteiger partial charge is 1.00 e. The molecule has 0 aromatic heterocycles. The predicted molar refractivity (Wildman–Crippen MR) is 73.4 cm³/mol. The fourth-order valence-corrected chi connectivity index (χ4v) is 3.38. The smallest absolute Gasteiger partial charge is 0.731 e. The molecule has 11 nitrogen and oxygen atoms in total. The summed E-state index contributed by atoms with van der Waals surface area (Å²) in [5, 5.41) is 2.33. The number of fused-ring (bicyclic) bond motifs is 1. The van der Waals surface area contributed by atoms with Crippen LogP contribution < -0.4 is 34.9 Å². The number of hydrogen-bond donors (Lipinski definition) is 1. The van der Waals surface area contributed by atoms with E-state index in [1.54, 1.807) is 0 Å². The van der Waals surface area contributed by atoms with Gasteiger partial charge in [0.2, 0.25) is 5.91 Å². The van der Waals surface area contributed by atoms with Crippen molar-refractivity contribution in [1.82, 2.24) is 14.5 Å². The van der Waals surface area contributed by atoms with Crippen LogP contribution >= 0.6 is 0 Å². The van der Waals surface area contributed by atoms with E-state index in [4.69, 9.17) is 9.47 Å². The Labute approximate surface area is 165 Å². The van der Waals surface area contributed by atoms with Gasteiger partial charge in [0.05, 0.1) is 19.6 Å². The number of carbonyl (C=O) groups excluding carboxylic acids is 3. The summed E-state index contributed by atoms with van der Waals surface area (Å²) in [6, 6.07) is -2.17. The van der Waals surface area contributed by atoms with Crippen LogP contribution in [0.5, 0.6) is 0 Å². The van der Waals surface area contributed by atoms with Crippen LogP contribution in [0.1, 0.15) is 6.42 Å². The maximum atomic E-state index is 12.4. The van der Waals surface area contributed by atoms with Crippen molar-refractivity contribution in [3.63, 3.8) is 0 Å². The van der Waals surface area contributed by atoms with Crippen LogP contribution in [0.15, 0.2) is 11.8 Å². The minimum absolute atomic E-state index is 0. The van der Waals surface area contributed by atoms with E-state index in [1.807, 2.05) is 0 Å². The zero-order chi connectivity index (χ0) is 17.6. The number of amides is 3. The molecule has 3 fully saturated rings. The van der Waals surface area contributed by atoms with Crippen LogP contribution in [0.2, 0.25) is 0 Å². The Morgan fingerprint density at radius 1 is 1.48 bits per heavy atom. The van der Waals surface area contributed by atoms with Gasteiger partial charge in [0, 0.05) is 7.11 Å². The molecule has 3 amide bonds. The summed E-state index contributed by atoms with van der Waals surface area (Å²) in [7, 11) is -3.43. The Morgan fingerprint density at radius 2 is 2.16 bits per heavy atom. The Bertz CT molecular complexity index is 739. The number of methoxy groups -OCH3 is 1. The van der Waals surface area contributed by atoms with Gasteiger partial charge in [-0.25, -0.2) is 12.7 Å². The van der Waals surface area contributed by atoms with E-state index < -0.39 is 47.0 Å². The molecule has 3 rings (SSSR count). The third-order valence-electron chi connectivity index (χ3n) is 3.95. The molecule has 3 aliphatic rings. The summed E-state index contributed by atoms with van der Waals surface area (Å²) < 4.78 is 42.8. The second-order valence-electron chi connectivity index (χ2n) is 5.43. The number of ether oxygens (including phenoxy) is 2. The molecule has 0 aliphatic carbocycles. The molecule has 0 bridgehead atoms. The molecule has 0 saturated carbocycles. The van der Waals surface area contributed by atoms with Gasteiger partial charge in [-0.15, -0.1) is 0 Å². The first kappa shape index (κ1) is 20.1. The summed E-state index contributed by atoms with van der Waals surface area (Å²) in [6.07, 6.45) is 1.12. The maximum absolute atomic E-state index is 12.4. The molecule has 3 unspecified atom stereocenters. The number of nitrogens with zero attached hydrogens (tertiary/aromatic N) is 2. The minimum Gasteiger partial charge on any atom is -0.731 e. The maximum Gasteiger partial charge on any atom is 1.00 e.